The van der Waals surface area contributed by atoms with Gasteiger partial charge in [-0.05, 0) is 31.5 Å². The summed E-state index contributed by atoms with van der Waals surface area (Å²) < 4.78 is 28.0. The summed E-state index contributed by atoms with van der Waals surface area (Å²) in [7, 11) is -2.39. The van der Waals surface area contributed by atoms with Gasteiger partial charge in [0.15, 0.2) is 5.76 Å². The molecule has 0 saturated carbocycles. The summed E-state index contributed by atoms with van der Waals surface area (Å²) in [6, 6.07) is 6.28. The lowest BCUT2D eigenvalue weighted by molar-refractivity contribution is 0.0965. The van der Waals surface area contributed by atoms with Gasteiger partial charge in [0.2, 0.25) is 10.0 Å². The molecule has 0 aliphatic carbocycles. The number of amides is 1. The number of nitrogens with two attached hydrogens (primary N) is 1. The number of benzene rings is 1. The van der Waals surface area contributed by atoms with Crippen LogP contribution >= 0.6 is 11.6 Å². The highest BCUT2D eigenvalue weighted by Gasteiger charge is 2.23. The number of furan rings is 1. The molecule has 2 rings (SSSR count). The second-order valence-electron chi connectivity index (χ2n) is 4.87. The van der Waals surface area contributed by atoms with Crippen molar-refractivity contribution < 1.29 is 17.6 Å². The third kappa shape index (κ3) is 3.16. The van der Waals surface area contributed by atoms with Crippen molar-refractivity contribution in [2.75, 3.05) is 11.9 Å². The van der Waals surface area contributed by atoms with Gasteiger partial charge in [0, 0.05) is 23.8 Å². The molecule has 8 heteroatoms. The summed E-state index contributed by atoms with van der Waals surface area (Å²) in [6.45, 7) is 3.28. The summed E-state index contributed by atoms with van der Waals surface area (Å²) >= 11 is 6.04. The van der Waals surface area contributed by atoms with Gasteiger partial charge in [-0.25, -0.2) is 13.6 Å². The minimum Gasteiger partial charge on any atom is -0.455 e. The number of rotatable bonds is 3. The molecule has 2 aromatic rings. The average molecular weight is 343 g/mol. The predicted molar refractivity (Wildman–Crippen MR) is 83.7 cm³/mol. The highest BCUT2D eigenvalue weighted by Crippen LogP contribution is 2.25. The predicted octanol–water partition coefficient (Wildman–Crippen LogP) is 2.47. The molecule has 0 spiro atoms. The van der Waals surface area contributed by atoms with E-state index in [9.17, 15) is 13.2 Å². The van der Waals surface area contributed by atoms with Crippen LogP contribution in [0, 0.1) is 13.8 Å². The van der Waals surface area contributed by atoms with E-state index in [4.69, 9.17) is 21.2 Å². The lowest BCUT2D eigenvalue weighted by Gasteiger charge is -2.16. The van der Waals surface area contributed by atoms with Crippen molar-refractivity contribution in [1.82, 2.24) is 0 Å². The van der Waals surface area contributed by atoms with Crippen LogP contribution in [0.25, 0.3) is 0 Å². The number of hydrogen-bond donors (Lipinski definition) is 1. The number of nitrogens with zero attached hydrogens (tertiary/aromatic N) is 1. The van der Waals surface area contributed by atoms with E-state index in [1.54, 1.807) is 18.2 Å². The zero-order valence-corrected chi connectivity index (χ0v) is 13.8. The van der Waals surface area contributed by atoms with Crippen molar-refractivity contribution in [2.45, 2.75) is 18.7 Å². The van der Waals surface area contributed by atoms with E-state index in [0.717, 1.165) is 11.6 Å². The molecule has 0 saturated heterocycles. The van der Waals surface area contributed by atoms with Gasteiger partial charge >= 0.3 is 0 Å². The first kappa shape index (κ1) is 16.5. The molecule has 1 aromatic heterocycles. The maximum absolute atomic E-state index is 12.4. The summed E-state index contributed by atoms with van der Waals surface area (Å²) in [5, 5.41) is 5.59. The first-order valence-corrected chi connectivity index (χ1v) is 8.21. The highest BCUT2D eigenvalue weighted by molar-refractivity contribution is 7.89. The van der Waals surface area contributed by atoms with Gasteiger partial charge in [-0.2, -0.15) is 0 Å². The van der Waals surface area contributed by atoms with Crippen molar-refractivity contribution in [3.63, 3.8) is 0 Å². The molecule has 2 N–H and O–H groups in total. The summed E-state index contributed by atoms with van der Waals surface area (Å²) in [5.74, 6) is -0.542. The smallest absolute Gasteiger partial charge is 0.293 e. The molecule has 0 fully saturated rings. The molecular weight excluding hydrogens is 328 g/mol. The zero-order valence-electron chi connectivity index (χ0n) is 12.3. The van der Waals surface area contributed by atoms with E-state index in [0.29, 0.717) is 10.7 Å². The first-order valence-electron chi connectivity index (χ1n) is 6.28. The fourth-order valence-electron chi connectivity index (χ4n) is 1.93. The van der Waals surface area contributed by atoms with Crippen LogP contribution in [0.4, 0.5) is 5.69 Å². The zero-order chi connectivity index (χ0) is 16.7. The Hall–Kier alpha value is -1.83. The van der Waals surface area contributed by atoms with Gasteiger partial charge in [0.1, 0.15) is 10.7 Å². The number of sulfonamides is 1. The maximum atomic E-state index is 12.4. The van der Waals surface area contributed by atoms with E-state index in [1.165, 1.54) is 18.9 Å². The SMILES string of the molecule is Cc1ccc(N(C)C(=O)c2cc(S(N)(=O)=O)c(C)o2)cc1Cl. The molecule has 0 unspecified atom stereocenters. The minimum atomic E-state index is -3.93. The highest BCUT2D eigenvalue weighted by atomic mass is 35.5. The molecular formula is C14H15ClN2O4S. The van der Waals surface area contributed by atoms with Crippen LogP contribution in [0.5, 0.6) is 0 Å². The minimum absolute atomic E-state index is 0.0705. The van der Waals surface area contributed by atoms with Gasteiger partial charge < -0.3 is 9.32 Å². The van der Waals surface area contributed by atoms with Crippen LogP contribution < -0.4 is 10.0 Å². The second-order valence-corrected chi connectivity index (χ2v) is 6.81. The average Bonchev–Trinajstić information content (AvgIpc) is 2.82. The normalized spacial score (nSPS) is 11.5. The molecule has 0 aliphatic heterocycles. The largest absolute Gasteiger partial charge is 0.455 e. The molecule has 1 aromatic carbocycles. The van der Waals surface area contributed by atoms with Crippen LogP contribution in [0.3, 0.4) is 0 Å². The molecule has 1 amide bonds. The number of hydrogen-bond acceptors (Lipinski definition) is 4. The quantitative estimate of drug-likeness (QED) is 0.927. The van der Waals surface area contributed by atoms with Gasteiger partial charge in [-0.3, -0.25) is 4.79 Å². The van der Waals surface area contributed by atoms with Crippen molar-refractivity contribution in [3.8, 4) is 0 Å². The number of aryl methyl sites for hydroxylation is 2. The van der Waals surface area contributed by atoms with E-state index in [-0.39, 0.29) is 16.4 Å². The summed E-state index contributed by atoms with van der Waals surface area (Å²) in [5.41, 5.74) is 1.45. The Kier molecular flexibility index (Phi) is 4.32. The number of primary sulfonamides is 1. The molecule has 118 valence electrons. The van der Waals surface area contributed by atoms with Gasteiger partial charge in [0.25, 0.3) is 5.91 Å². The maximum Gasteiger partial charge on any atom is 0.293 e. The summed E-state index contributed by atoms with van der Waals surface area (Å²) in [6.07, 6.45) is 0. The third-order valence-electron chi connectivity index (χ3n) is 3.24. The van der Waals surface area contributed by atoms with E-state index < -0.39 is 15.9 Å². The van der Waals surface area contributed by atoms with Crippen LogP contribution in [-0.4, -0.2) is 21.4 Å². The molecule has 6 nitrogen and oxygen atoms in total. The van der Waals surface area contributed by atoms with Crippen LogP contribution in [0.15, 0.2) is 33.6 Å². The van der Waals surface area contributed by atoms with Crippen LogP contribution in [-0.2, 0) is 10.0 Å². The van der Waals surface area contributed by atoms with Gasteiger partial charge in [-0.15, -0.1) is 0 Å². The van der Waals surface area contributed by atoms with E-state index in [2.05, 4.69) is 0 Å². The van der Waals surface area contributed by atoms with Crippen LogP contribution in [0.2, 0.25) is 5.02 Å². The molecule has 0 radical (unpaired) electrons. The molecule has 0 atom stereocenters. The van der Waals surface area contributed by atoms with Crippen molar-refractivity contribution in [3.05, 3.63) is 46.4 Å². The standard InChI is InChI=1S/C14H15ClN2O4S/c1-8-4-5-10(6-11(8)15)17(3)14(18)12-7-13(9(2)21-12)22(16,19)20/h4-7H,1-3H3,(H2,16,19,20). The van der Waals surface area contributed by atoms with Crippen molar-refractivity contribution in [2.24, 2.45) is 5.14 Å². The number of anilines is 1. The fourth-order valence-corrected chi connectivity index (χ4v) is 2.81. The number of carbonyl (C=O) groups excluding carboxylic acids is 1. The van der Waals surface area contributed by atoms with Crippen molar-refractivity contribution >= 4 is 33.2 Å². The van der Waals surface area contributed by atoms with Crippen molar-refractivity contribution in [1.29, 1.82) is 0 Å². The Balaban J connectivity index is 2.37. The molecule has 1 heterocycles. The summed E-state index contributed by atoms with van der Waals surface area (Å²) in [4.78, 5) is 13.5. The topological polar surface area (TPSA) is 93.6 Å². The Morgan fingerprint density at radius 3 is 2.41 bits per heavy atom. The number of carbonyl (C=O) groups is 1. The first-order chi connectivity index (χ1) is 10.1. The molecule has 0 bridgehead atoms. The Labute approximate surface area is 133 Å². The Bertz CT molecular complexity index is 843. The monoisotopic (exact) mass is 342 g/mol. The number of halogens is 1. The van der Waals surface area contributed by atoms with Gasteiger partial charge in [-0.1, -0.05) is 17.7 Å². The lowest BCUT2D eigenvalue weighted by Crippen LogP contribution is -2.25. The fraction of sp³-hybridized carbons (Fsp3) is 0.214. The molecule has 0 aliphatic rings. The Morgan fingerprint density at radius 1 is 1.27 bits per heavy atom. The van der Waals surface area contributed by atoms with Gasteiger partial charge in [0.05, 0.1) is 0 Å². The van der Waals surface area contributed by atoms with Crippen LogP contribution in [0.1, 0.15) is 21.9 Å². The van der Waals surface area contributed by atoms with E-state index >= 15 is 0 Å². The lowest BCUT2D eigenvalue weighted by atomic mass is 10.2. The Morgan fingerprint density at radius 2 is 1.91 bits per heavy atom. The second kappa shape index (κ2) is 5.75. The molecule has 22 heavy (non-hydrogen) atoms. The third-order valence-corrected chi connectivity index (χ3v) is 4.66. The van der Waals surface area contributed by atoms with E-state index in [1.807, 2.05) is 6.92 Å².